The molecule has 1 aliphatic heterocycles. The Labute approximate surface area is 197 Å². The van der Waals surface area contributed by atoms with Gasteiger partial charge in [0.05, 0.1) is 19.4 Å². The highest BCUT2D eigenvalue weighted by Crippen LogP contribution is 2.30. The number of nitrogens with one attached hydrogen (secondary N) is 2. The third-order valence-corrected chi connectivity index (χ3v) is 5.05. The highest BCUT2D eigenvalue weighted by molar-refractivity contribution is 14.0. The van der Waals surface area contributed by atoms with Crippen LogP contribution in [0.2, 0.25) is 0 Å². The third kappa shape index (κ3) is 7.27. The van der Waals surface area contributed by atoms with Crippen molar-refractivity contribution in [3.63, 3.8) is 0 Å². The van der Waals surface area contributed by atoms with E-state index in [9.17, 15) is 0 Å². The zero-order chi connectivity index (χ0) is 20.3. The smallest absolute Gasteiger partial charge is 0.191 e. The molecule has 1 aliphatic rings. The van der Waals surface area contributed by atoms with Gasteiger partial charge in [0.1, 0.15) is 11.5 Å². The SMILES string of the molecule is CN=C(NCCCCOc1ccccc1)NC1CCN(c2ccccc2OC)C1.I. The van der Waals surface area contributed by atoms with E-state index in [0.717, 1.165) is 68.6 Å². The first-order chi connectivity index (χ1) is 14.3. The van der Waals surface area contributed by atoms with Gasteiger partial charge < -0.3 is 25.0 Å². The van der Waals surface area contributed by atoms with Gasteiger partial charge in [-0.25, -0.2) is 0 Å². The molecule has 1 saturated heterocycles. The quantitative estimate of drug-likeness (QED) is 0.226. The molecule has 3 rings (SSSR count). The number of aliphatic imine (C=N–C) groups is 1. The molecule has 1 heterocycles. The number of halogens is 1. The van der Waals surface area contributed by atoms with Crippen LogP contribution in [0.1, 0.15) is 19.3 Å². The lowest BCUT2D eigenvalue weighted by Crippen LogP contribution is -2.44. The van der Waals surface area contributed by atoms with Gasteiger partial charge in [-0.05, 0) is 43.5 Å². The number of ether oxygens (including phenoxy) is 2. The minimum absolute atomic E-state index is 0. The fraction of sp³-hybridized carbons (Fsp3) is 0.435. The van der Waals surface area contributed by atoms with E-state index in [1.807, 2.05) is 49.5 Å². The second kappa shape index (κ2) is 13.2. The summed E-state index contributed by atoms with van der Waals surface area (Å²) in [6, 6.07) is 18.5. The van der Waals surface area contributed by atoms with Crippen molar-refractivity contribution in [2.75, 3.05) is 45.3 Å². The molecule has 0 aromatic heterocycles. The average molecular weight is 524 g/mol. The summed E-state index contributed by atoms with van der Waals surface area (Å²) >= 11 is 0. The minimum atomic E-state index is 0. The molecule has 1 unspecified atom stereocenters. The van der Waals surface area contributed by atoms with Gasteiger partial charge >= 0.3 is 0 Å². The van der Waals surface area contributed by atoms with Crippen LogP contribution in [0.4, 0.5) is 5.69 Å². The zero-order valence-electron chi connectivity index (χ0n) is 17.8. The van der Waals surface area contributed by atoms with Crippen molar-refractivity contribution in [3.8, 4) is 11.5 Å². The molecule has 164 valence electrons. The summed E-state index contributed by atoms with van der Waals surface area (Å²) in [5, 5.41) is 6.96. The van der Waals surface area contributed by atoms with Crippen LogP contribution in [-0.2, 0) is 0 Å². The Morgan fingerprint density at radius 3 is 2.63 bits per heavy atom. The van der Waals surface area contributed by atoms with Crippen LogP contribution in [0.25, 0.3) is 0 Å². The summed E-state index contributed by atoms with van der Waals surface area (Å²) < 4.78 is 11.2. The van der Waals surface area contributed by atoms with Crippen molar-refractivity contribution in [2.24, 2.45) is 4.99 Å². The van der Waals surface area contributed by atoms with Crippen LogP contribution >= 0.6 is 24.0 Å². The van der Waals surface area contributed by atoms with E-state index >= 15 is 0 Å². The first-order valence-corrected chi connectivity index (χ1v) is 10.3. The molecule has 2 aromatic rings. The molecule has 0 spiro atoms. The van der Waals surface area contributed by atoms with Gasteiger partial charge in [-0.2, -0.15) is 0 Å². The molecule has 2 N–H and O–H groups in total. The van der Waals surface area contributed by atoms with Crippen LogP contribution in [0.5, 0.6) is 11.5 Å². The topological polar surface area (TPSA) is 58.1 Å². The number of methoxy groups -OCH3 is 1. The molecule has 0 saturated carbocycles. The number of nitrogens with zero attached hydrogens (tertiary/aromatic N) is 2. The number of hydrogen-bond acceptors (Lipinski definition) is 4. The zero-order valence-corrected chi connectivity index (χ0v) is 20.2. The highest BCUT2D eigenvalue weighted by atomic mass is 127. The number of unbranched alkanes of at least 4 members (excludes halogenated alkanes) is 1. The van der Waals surface area contributed by atoms with Crippen LogP contribution < -0.4 is 25.0 Å². The van der Waals surface area contributed by atoms with Crippen molar-refractivity contribution in [1.29, 1.82) is 0 Å². The maximum Gasteiger partial charge on any atom is 0.191 e. The Morgan fingerprint density at radius 1 is 1.10 bits per heavy atom. The predicted octanol–water partition coefficient (Wildman–Crippen LogP) is 3.92. The van der Waals surface area contributed by atoms with Gasteiger partial charge in [0.15, 0.2) is 5.96 Å². The summed E-state index contributed by atoms with van der Waals surface area (Å²) in [7, 11) is 3.54. The van der Waals surface area contributed by atoms with Crippen LogP contribution in [0.3, 0.4) is 0 Å². The number of hydrogen-bond donors (Lipinski definition) is 2. The van der Waals surface area contributed by atoms with Crippen molar-refractivity contribution in [1.82, 2.24) is 10.6 Å². The van der Waals surface area contributed by atoms with E-state index in [0.29, 0.717) is 6.04 Å². The third-order valence-electron chi connectivity index (χ3n) is 5.05. The van der Waals surface area contributed by atoms with E-state index < -0.39 is 0 Å². The van der Waals surface area contributed by atoms with Crippen molar-refractivity contribution in [3.05, 3.63) is 54.6 Å². The molecule has 0 amide bonds. The fourth-order valence-electron chi connectivity index (χ4n) is 3.52. The number of guanidine groups is 1. The lowest BCUT2D eigenvalue weighted by atomic mass is 10.2. The number of anilines is 1. The summed E-state index contributed by atoms with van der Waals surface area (Å²) in [6.07, 6.45) is 3.11. The second-order valence-electron chi connectivity index (χ2n) is 7.12. The minimum Gasteiger partial charge on any atom is -0.495 e. The maximum absolute atomic E-state index is 5.73. The van der Waals surface area contributed by atoms with Crippen molar-refractivity contribution >= 4 is 35.6 Å². The lowest BCUT2D eigenvalue weighted by molar-refractivity contribution is 0.307. The molecule has 6 nitrogen and oxygen atoms in total. The first kappa shape index (κ1) is 24.1. The average Bonchev–Trinajstić information content (AvgIpc) is 3.24. The molecule has 1 atom stereocenters. The molecular weight excluding hydrogens is 491 g/mol. The molecule has 0 radical (unpaired) electrons. The number of rotatable bonds is 9. The maximum atomic E-state index is 5.73. The molecule has 1 fully saturated rings. The number of benzene rings is 2. The molecular formula is C23H33IN4O2. The molecule has 2 aromatic carbocycles. The number of para-hydroxylation sites is 3. The van der Waals surface area contributed by atoms with Crippen molar-refractivity contribution in [2.45, 2.75) is 25.3 Å². The van der Waals surface area contributed by atoms with Crippen LogP contribution in [0, 0.1) is 0 Å². The van der Waals surface area contributed by atoms with Crippen molar-refractivity contribution < 1.29 is 9.47 Å². The Morgan fingerprint density at radius 2 is 1.87 bits per heavy atom. The van der Waals surface area contributed by atoms with E-state index in [4.69, 9.17) is 9.47 Å². The first-order valence-electron chi connectivity index (χ1n) is 10.3. The molecule has 30 heavy (non-hydrogen) atoms. The van der Waals surface area contributed by atoms with Gasteiger partial charge in [-0.1, -0.05) is 30.3 Å². The lowest BCUT2D eigenvalue weighted by Gasteiger charge is -2.22. The second-order valence-corrected chi connectivity index (χ2v) is 7.12. The normalized spacial score (nSPS) is 16.0. The summed E-state index contributed by atoms with van der Waals surface area (Å²) in [4.78, 5) is 6.73. The summed E-state index contributed by atoms with van der Waals surface area (Å²) in [5.74, 6) is 2.72. The van der Waals surface area contributed by atoms with Gasteiger partial charge in [0.25, 0.3) is 0 Å². The molecule has 0 bridgehead atoms. The van der Waals surface area contributed by atoms with Gasteiger partial charge in [-0.3, -0.25) is 4.99 Å². The molecule has 0 aliphatic carbocycles. The monoisotopic (exact) mass is 524 g/mol. The Hall–Kier alpha value is -2.16. The Balaban J connectivity index is 0.00000320. The fourth-order valence-corrected chi connectivity index (χ4v) is 3.52. The Bertz CT molecular complexity index is 773. The van der Waals surface area contributed by atoms with Gasteiger partial charge in [-0.15, -0.1) is 24.0 Å². The standard InChI is InChI=1S/C23H32N4O2.HI/c1-24-23(25-15-8-9-17-29-20-10-4-3-5-11-20)26-19-14-16-27(18-19)21-12-6-7-13-22(21)28-2;/h3-7,10-13,19H,8-9,14-18H2,1-2H3,(H2,24,25,26);1H. The largest absolute Gasteiger partial charge is 0.495 e. The van der Waals surface area contributed by atoms with E-state index in [1.54, 1.807) is 7.11 Å². The van der Waals surface area contributed by atoms with Gasteiger partial charge in [0, 0.05) is 32.7 Å². The molecule has 7 heteroatoms. The predicted molar refractivity (Wildman–Crippen MR) is 135 cm³/mol. The van der Waals surface area contributed by atoms with Crippen LogP contribution in [0.15, 0.2) is 59.6 Å². The summed E-state index contributed by atoms with van der Waals surface area (Å²) in [5.41, 5.74) is 1.15. The van der Waals surface area contributed by atoms with Gasteiger partial charge in [0.2, 0.25) is 0 Å². The summed E-state index contributed by atoms with van der Waals surface area (Å²) in [6.45, 7) is 3.55. The van der Waals surface area contributed by atoms with E-state index in [1.165, 1.54) is 0 Å². The van der Waals surface area contributed by atoms with Crippen LogP contribution in [-0.4, -0.2) is 52.4 Å². The Kier molecular flexibility index (Phi) is 10.6. The highest BCUT2D eigenvalue weighted by Gasteiger charge is 2.25. The van der Waals surface area contributed by atoms with E-state index in [2.05, 4.69) is 32.7 Å². The van der Waals surface area contributed by atoms with E-state index in [-0.39, 0.29) is 24.0 Å².